The normalized spacial score (nSPS) is 16.7. The quantitative estimate of drug-likeness (QED) is 0.462. The summed E-state index contributed by atoms with van der Waals surface area (Å²) < 4.78 is 1.21. The Balaban J connectivity index is 1.95. The summed E-state index contributed by atoms with van der Waals surface area (Å²) >= 11 is 3.76. The maximum Gasteiger partial charge on any atom is 0.0286 e. The zero-order valence-electron chi connectivity index (χ0n) is 12.5. The summed E-state index contributed by atoms with van der Waals surface area (Å²) in [5.41, 5.74) is 5.64. The van der Waals surface area contributed by atoms with E-state index < -0.39 is 0 Å². The van der Waals surface area contributed by atoms with Crippen LogP contribution in [0.4, 0.5) is 0 Å². The van der Waals surface area contributed by atoms with Gasteiger partial charge in [0.25, 0.3) is 0 Å². The van der Waals surface area contributed by atoms with E-state index in [1.807, 2.05) is 0 Å². The predicted octanol–water partition coefficient (Wildman–Crippen LogP) is 6.15. The second kappa shape index (κ2) is 5.40. The molecule has 0 heterocycles. The van der Waals surface area contributed by atoms with E-state index in [1.54, 1.807) is 0 Å². The third-order valence-electron chi connectivity index (χ3n) is 4.70. The van der Waals surface area contributed by atoms with E-state index in [0.29, 0.717) is 5.92 Å². The van der Waals surface area contributed by atoms with Gasteiger partial charge >= 0.3 is 0 Å². The molecular weight excluding hydrogens is 332 g/mol. The highest BCUT2D eigenvalue weighted by atomic mass is 79.9. The van der Waals surface area contributed by atoms with Gasteiger partial charge in [-0.25, -0.2) is 0 Å². The van der Waals surface area contributed by atoms with Gasteiger partial charge in [0.2, 0.25) is 0 Å². The van der Waals surface area contributed by atoms with Crippen molar-refractivity contribution in [3.63, 3.8) is 0 Å². The molecule has 3 aromatic rings. The summed E-state index contributed by atoms with van der Waals surface area (Å²) in [5.74, 6) is 0.337. The molecule has 1 atom stereocenters. The first-order valence-corrected chi connectivity index (χ1v) is 8.47. The number of allylic oxidation sites excluding steroid dienone is 2. The zero-order valence-corrected chi connectivity index (χ0v) is 14.1. The molecule has 0 spiro atoms. The summed E-state index contributed by atoms with van der Waals surface area (Å²) in [4.78, 5) is 0. The van der Waals surface area contributed by atoms with Crippen molar-refractivity contribution in [3.05, 3.63) is 93.5 Å². The van der Waals surface area contributed by atoms with Crippen molar-refractivity contribution in [3.8, 4) is 0 Å². The Morgan fingerprint density at radius 3 is 2.73 bits per heavy atom. The summed E-state index contributed by atoms with van der Waals surface area (Å²) in [5, 5.41) is 2.67. The highest BCUT2D eigenvalue weighted by Gasteiger charge is 2.22. The predicted molar refractivity (Wildman–Crippen MR) is 97.5 cm³/mol. The average Bonchev–Trinajstić information content (AvgIpc) is 2.55. The fraction of sp³-hybridized carbons (Fsp3) is 0.143. The van der Waals surface area contributed by atoms with Gasteiger partial charge in [0, 0.05) is 10.4 Å². The summed E-state index contributed by atoms with van der Waals surface area (Å²) in [6, 6.07) is 19.7. The van der Waals surface area contributed by atoms with E-state index in [-0.39, 0.29) is 0 Å². The molecule has 4 rings (SSSR count). The molecule has 0 saturated carbocycles. The van der Waals surface area contributed by atoms with Crippen LogP contribution in [0.5, 0.6) is 0 Å². The standard InChI is InChI=1S/C21H17Br/c1-14-17-9-3-2-6-15(17)12-13-18(14)19-10-4-7-16-8-5-11-20(22)21(16)19/h2-6,8-13,19H,7H2,1H3. The first-order chi connectivity index (χ1) is 10.8. The molecule has 1 aliphatic carbocycles. The molecule has 0 aliphatic heterocycles. The first kappa shape index (κ1) is 13.8. The van der Waals surface area contributed by atoms with E-state index in [2.05, 4.69) is 89.6 Å². The van der Waals surface area contributed by atoms with E-state index >= 15 is 0 Å². The Kier molecular flexibility index (Phi) is 3.38. The Morgan fingerprint density at radius 1 is 0.955 bits per heavy atom. The maximum atomic E-state index is 3.76. The van der Waals surface area contributed by atoms with Crippen LogP contribution in [0.2, 0.25) is 0 Å². The number of hydrogen-bond acceptors (Lipinski definition) is 0. The molecule has 0 aromatic heterocycles. The molecule has 1 heteroatoms. The van der Waals surface area contributed by atoms with E-state index in [4.69, 9.17) is 0 Å². The first-order valence-electron chi connectivity index (χ1n) is 7.68. The van der Waals surface area contributed by atoms with Crippen LogP contribution < -0.4 is 0 Å². The molecule has 3 aromatic carbocycles. The van der Waals surface area contributed by atoms with Crippen LogP contribution >= 0.6 is 15.9 Å². The van der Waals surface area contributed by atoms with Crippen molar-refractivity contribution in [1.82, 2.24) is 0 Å². The molecule has 0 nitrogen and oxygen atoms in total. The third-order valence-corrected chi connectivity index (χ3v) is 5.39. The minimum Gasteiger partial charge on any atom is -0.0832 e. The lowest BCUT2D eigenvalue weighted by Crippen LogP contribution is -2.09. The van der Waals surface area contributed by atoms with Crippen molar-refractivity contribution in [1.29, 1.82) is 0 Å². The average molecular weight is 349 g/mol. The fourth-order valence-electron chi connectivity index (χ4n) is 3.58. The highest BCUT2D eigenvalue weighted by Crippen LogP contribution is 2.39. The van der Waals surface area contributed by atoms with Gasteiger partial charge in [0.15, 0.2) is 0 Å². The van der Waals surface area contributed by atoms with Gasteiger partial charge in [-0.15, -0.1) is 0 Å². The van der Waals surface area contributed by atoms with Crippen molar-refractivity contribution in [2.45, 2.75) is 19.3 Å². The van der Waals surface area contributed by atoms with Crippen LogP contribution in [0.3, 0.4) is 0 Å². The third kappa shape index (κ3) is 2.12. The van der Waals surface area contributed by atoms with Crippen LogP contribution in [-0.2, 0) is 6.42 Å². The van der Waals surface area contributed by atoms with Gasteiger partial charge in [0.1, 0.15) is 0 Å². The Morgan fingerprint density at radius 2 is 1.82 bits per heavy atom. The van der Waals surface area contributed by atoms with Crippen LogP contribution in [0.1, 0.15) is 28.2 Å². The number of rotatable bonds is 1. The molecule has 1 aliphatic rings. The highest BCUT2D eigenvalue weighted by molar-refractivity contribution is 9.10. The lowest BCUT2D eigenvalue weighted by Gasteiger charge is -2.25. The van der Waals surface area contributed by atoms with Gasteiger partial charge in [0.05, 0.1) is 0 Å². The fourth-order valence-corrected chi connectivity index (χ4v) is 4.23. The minimum absolute atomic E-state index is 0.337. The van der Waals surface area contributed by atoms with Crippen LogP contribution in [0, 0.1) is 6.92 Å². The molecule has 0 radical (unpaired) electrons. The maximum absolute atomic E-state index is 3.76. The SMILES string of the molecule is Cc1c(C2C=CCc3cccc(Br)c32)ccc2ccccc12. The zero-order chi connectivity index (χ0) is 15.1. The molecular formula is C21H17Br. The number of halogens is 1. The number of aryl methyl sites for hydroxylation is 1. The molecule has 0 bridgehead atoms. The number of benzene rings is 3. The Bertz CT molecular complexity index is 890. The topological polar surface area (TPSA) is 0 Å². The molecule has 22 heavy (non-hydrogen) atoms. The summed E-state index contributed by atoms with van der Waals surface area (Å²) in [6.45, 7) is 2.25. The van der Waals surface area contributed by atoms with Crippen LogP contribution in [0.15, 0.2) is 71.2 Å². The van der Waals surface area contributed by atoms with Gasteiger partial charge < -0.3 is 0 Å². The van der Waals surface area contributed by atoms with Crippen LogP contribution in [0.25, 0.3) is 10.8 Å². The monoisotopic (exact) mass is 348 g/mol. The van der Waals surface area contributed by atoms with E-state index in [1.165, 1.54) is 37.5 Å². The smallest absolute Gasteiger partial charge is 0.0286 e. The van der Waals surface area contributed by atoms with Gasteiger partial charge in [-0.1, -0.05) is 76.6 Å². The Labute approximate surface area is 139 Å². The van der Waals surface area contributed by atoms with Crippen molar-refractivity contribution >= 4 is 26.7 Å². The number of hydrogen-bond donors (Lipinski definition) is 0. The van der Waals surface area contributed by atoms with E-state index in [0.717, 1.165) is 6.42 Å². The van der Waals surface area contributed by atoms with Gasteiger partial charge in [-0.2, -0.15) is 0 Å². The molecule has 108 valence electrons. The molecule has 0 amide bonds. The molecule has 0 N–H and O–H groups in total. The van der Waals surface area contributed by atoms with Gasteiger partial charge in [-0.3, -0.25) is 0 Å². The van der Waals surface area contributed by atoms with Crippen molar-refractivity contribution in [2.24, 2.45) is 0 Å². The summed E-state index contributed by atoms with van der Waals surface area (Å²) in [7, 11) is 0. The minimum atomic E-state index is 0.337. The number of fused-ring (bicyclic) bond motifs is 2. The molecule has 0 saturated heterocycles. The largest absolute Gasteiger partial charge is 0.0832 e. The molecule has 1 unspecified atom stereocenters. The Hall–Kier alpha value is -1.86. The van der Waals surface area contributed by atoms with Gasteiger partial charge in [-0.05, 0) is 52.4 Å². The summed E-state index contributed by atoms with van der Waals surface area (Å²) in [6.07, 6.45) is 5.68. The van der Waals surface area contributed by atoms with Crippen molar-refractivity contribution < 1.29 is 0 Å². The van der Waals surface area contributed by atoms with E-state index in [9.17, 15) is 0 Å². The van der Waals surface area contributed by atoms with Crippen molar-refractivity contribution in [2.75, 3.05) is 0 Å². The second-order valence-corrected chi connectivity index (χ2v) is 6.78. The molecule has 0 fully saturated rings. The second-order valence-electron chi connectivity index (χ2n) is 5.92. The lowest BCUT2D eigenvalue weighted by atomic mass is 9.81. The van der Waals surface area contributed by atoms with Crippen LogP contribution in [-0.4, -0.2) is 0 Å². The lowest BCUT2D eigenvalue weighted by molar-refractivity contribution is 0.938.